The largest absolute Gasteiger partial charge is 0.497 e. The molecule has 5 aromatic rings. The zero-order valence-corrected chi connectivity index (χ0v) is 18.9. The second-order valence-electron chi connectivity index (χ2n) is 7.94. The molecule has 5 heteroatoms. The smallest absolute Gasteiger partial charge is 0.135 e. The number of fused-ring (bicyclic) bond motifs is 3. The summed E-state index contributed by atoms with van der Waals surface area (Å²) in [5.41, 5.74) is 11.0. The Balaban J connectivity index is 1.58. The molecule has 0 saturated heterocycles. The number of aromatic nitrogens is 1. The van der Waals surface area contributed by atoms with Gasteiger partial charge in [0.1, 0.15) is 11.6 Å². The van der Waals surface area contributed by atoms with E-state index in [1.54, 1.807) is 18.4 Å². The van der Waals surface area contributed by atoms with Crippen molar-refractivity contribution in [3.05, 3.63) is 90.1 Å². The lowest BCUT2D eigenvalue weighted by atomic mass is 10.0. The zero-order chi connectivity index (χ0) is 22.1. The molecule has 32 heavy (non-hydrogen) atoms. The quantitative estimate of drug-likeness (QED) is 0.307. The van der Waals surface area contributed by atoms with Crippen molar-refractivity contribution in [3.8, 4) is 16.9 Å². The second-order valence-corrected chi connectivity index (χ2v) is 8.99. The number of hydrogen-bond acceptors (Lipinski definition) is 5. The maximum Gasteiger partial charge on any atom is 0.135 e. The van der Waals surface area contributed by atoms with Crippen LogP contribution in [-0.4, -0.2) is 12.1 Å². The van der Waals surface area contributed by atoms with Crippen LogP contribution in [0.25, 0.3) is 31.3 Å². The molecule has 0 saturated carbocycles. The van der Waals surface area contributed by atoms with E-state index < -0.39 is 0 Å². The minimum atomic E-state index is -0.0812. The fourth-order valence-corrected chi connectivity index (χ4v) is 5.34. The summed E-state index contributed by atoms with van der Waals surface area (Å²) in [5.74, 6) is 1.74. The number of methoxy groups -OCH3 is 1. The summed E-state index contributed by atoms with van der Waals surface area (Å²) >= 11 is 1.79. The molecule has 2 aromatic heterocycles. The van der Waals surface area contributed by atoms with Crippen LogP contribution in [0.15, 0.2) is 79.0 Å². The van der Waals surface area contributed by atoms with E-state index in [0.717, 1.165) is 22.5 Å². The molecule has 0 amide bonds. The predicted molar refractivity (Wildman–Crippen MR) is 135 cm³/mol. The molecule has 160 valence electrons. The van der Waals surface area contributed by atoms with Gasteiger partial charge in [-0.15, -0.1) is 11.3 Å². The summed E-state index contributed by atoms with van der Waals surface area (Å²) < 4.78 is 7.70. The monoisotopic (exact) mass is 439 g/mol. The van der Waals surface area contributed by atoms with Gasteiger partial charge in [-0.05, 0) is 41.8 Å². The van der Waals surface area contributed by atoms with Crippen molar-refractivity contribution >= 4 is 37.3 Å². The third-order valence-electron chi connectivity index (χ3n) is 5.74. The highest BCUT2D eigenvalue weighted by Gasteiger charge is 2.17. The number of anilines is 1. The molecule has 5 rings (SSSR count). The Kier molecular flexibility index (Phi) is 5.52. The number of thiophene rings is 1. The van der Waals surface area contributed by atoms with Crippen LogP contribution in [0.2, 0.25) is 0 Å². The summed E-state index contributed by atoms with van der Waals surface area (Å²) in [6.07, 6.45) is 1.91. The van der Waals surface area contributed by atoms with Crippen LogP contribution in [-0.2, 0) is 6.54 Å². The Morgan fingerprint density at radius 1 is 1.00 bits per heavy atom. The van der Waals surface area contributed by atoms with Gasteiger partial charge in [-0.25, -0.2) is 4.98 Å². The van der Waals surface area contributed by atoms with Crippen molar-refractivity contribution in [2.75, 3.05) is 12.4 Å². The molecule has 3 N–H and O–H groups in total. The minimum Gasteiger partial charge on any atom is -0.497 e. The van der Waals surface area contributed by atoms with Gasteiger partial charge in [-0.1, -0.05) is 54.6 Å². The average Bonchev–Trinajstić information content (AvgIpc) is 3.22. The van der Waals surface area contributed by atoms with Crippen molar-refractivity contribution in [1.82, 2.24) is 4.98 Å². The fraction of sp³-hybridized carbons (Fsp3) is 0.148. The van der Waals surface area contributed by atoms with Gasteiger partial charge in [0.05, 0.1) is 7.11 Å². The molecule has 3 aromatic carbocycles. The van der Waals surface area contributed by atoms with E-state index in [0.29, 0.717) is 6.54 Å². The van der Waals surface area contributed by atoms with Crippen molar-refractivity contribution in [1.29, 1.82) is 0 Å². The molecule has 4 nitrogen and oxygen atoms in total. The van der Waals surface area contributed by atoms with Gasteiger partial charge >= 0.3 is 0 Å². The maximum atomic E-state index is 6.30. The van der Waals surface area contributed by atoms with E-state index in [9.17, 15) is 0 Å². The number of rotatable bonds is 6. The van der Waals surface area contributed by atoms with Crippen LogP contribution in [0.3, 0.4) is 0 Å². The normalized spacial score (nSPS) is 12.2. The molecule has 0 radical (unpaired) electrons. The first-order valence-electron chi connectivity index (χ1n) is 10.7. The summed E-state index contributed by atoms with van der Waals surface area (Å²) in [6.45, 7) is 2.70. The van der Waals surface area contributed by atoms with Gasteiger partial charge in [0.25, 0.3) is 0 Å². The van der Waals surface area contributed by atoms with Gasteiger partial charge in [0.15, 0.2) is 0 Å². The molecular formula is C27H25N3OS. The first kappa shape index (κ1) is 20.5. The summed E-state index contributed by atoms with van der Waals surface area (Å²) in [6, 6.07) is 25.2. The van der Waals surface area contributed by atoms with Gasteiger partial charge in [-0.2, -0.15) is 0 Å². The van der Waals surface area contributed by atoms with Crippen LogP contribution in [0.4, 0.5) is 5.82 Å². The lowest BCUT2D eigenvalue weighted by molar-refractivity contribution is 0.414. The van der Waals surface area contributed by atoms with E-state index in [1.807, 2.05) is 31.3 Å². The van der Waals surface area contributed by atoms with Crippen molar-refractivity contribution < 1.29 is 4.74 Å². The molecule has 0 bridgehead atoms. The highest BCUT2D eigenvalue weighted by atomic mass is 32.1. The third-order valence-corrected chi connectivity index (χ3v) is 6.94. The maximum absolute atomic E-state index is 6.30. The van der Waals surface area contributed by atoms with Gasteiger partial charge < -0.3 is 15.8 Å². The zero-order valence-electron chi connectivity index (χ0n) is 18.1. The molecule has 0 spiro atoms. The lowest BCUT2D eigenvalue weighted by Gasteiger charge is -2.12. The summed E-state index contributed by atoms with van der Waals surface area (Å²) in [7, 11) is 1.68. The highest BCUT2D eigenvalue weighted by molar-refractivity contribution is 7.26. The Morgan fingerprint density at radius 2 is 1.78 bits per heavy atom. The molecule has 0 fully saturated rings. The molecule has 0 unspecified atom stereocenters. The Morgan fingerprint density at radius 3 is 2.50 bits per heavy atom. The SMILES string of the molecule is COc1ccc(CNc2ncc([C@H](C)N)c3sc4cc(-c5ccccc5)ccc4c23)cc1. The number of benzene rings is 3. The Labute approximate surface area is 191 Å². The standard InChI is InChI=1S/C27H25N3OS/c1-17(28)23-16-30-27(29-15-18-8-11-21(31-2)12-9-18)25-22-13-10-20(14-24(22)32-26(23)25)19-6-4-3-5-7-19/h3-14,16-17H,15,28H2,1-2H3,(H,29,30)/t17-/m0/s1. The average molecular weight is 440 g/mol. The van der Waals surface area contributed by atoms with Crippen LogP contribution in [0, 0.1) is 0 Å². The molecule has 1 atom stereocenters. The van der Waals surface area contributed by atoms with Gasteiger partial charge in [0, 0.05) is 44.5 Å². The van der Waals surface area contributed by atoms with E-state index in [1.165, 1.54) is 31.5 Å². The fourth-order valence-electron chi connectivity index (χ4n) is 3.99. The predicted octanol–water partition coefficient (Wildman–Crippen LogP) is 6.76. The van der Waals surface area contributed by atoms with E-state index in [2.05, 4.69) is 59.9 Å². The molecular weight excluding hydrogens is 414 g/mol. The number of pyridine rings is 1. The second kappa shape index (κ2) is 8.61. The van der Waals surface area contributed by atoms with Crippen molar-refractivity contribution in [2.24, 2.45) is 5.73 Å². The van der Waals surface area contributed by atoms with Crippen LogP contribution < -0.4 is 15.8 Å². The summed E-state index contributed by atoms with van der Waals surface area (Å²) in [4.78, 5) is 4.77. The lowest BCUT2D eigenvalue weighted by Crippen LogP contribution is -2.07. The Bertz CT molecular complexity index is 1380. The van der Waals surface area contributed by atoms with Crippen LogP contribution >= 0.6 is 11.3 Å². The molecule has 0 aliphatic carbocycles. The number of hydrogen-bond donors (Lipinski definition) is 2. The third kappa shape index (κ3) is 3.81. The van der Waals surface area contributed by atoms with Crippen LogP contribution in [0.5, 0.6) is 5.75 Å². The Hall–Kier alpha value is -3.41. The number of nitrogens with one attached hydrogen (secondary N) is 1. The van der Waals surface area contributed by atoms with E-state index in [-0.39, 0.29) is 6.04 Å². The van der Waals surface area contributed by atoms with Gasteiger partial charge in [0.2, 0.25) is 0 Å². The number of ether oxygens (including phenoxy) is 1. The number of nitrogens with zero attached hydrogens (tertiary/aromatic N) is 1. The molecule has 0 aliphatic heterocycles. The van der Waals surface area contributed by atoms with Crippen LogP contribution in [0.1, 0.15) is 24.1 Å². The topological polar surface area (TPSA) is 60.2 Å². The first-order chi connectivity index (χ1) is 15.6. The molecule has 2 heterocycles. The highest BCUT2D eigenvalue weighted by Crippen LogP contribution is 2.42. The first-order valence-corrected chi connectivity index (χ1v) is 11.5. The summed E-state index contributed by atoms with van der Waals surface area (Å²) in [5, 5.41) is 5.90. The van der Waals surface area contributed by atoms with Crippen molar-refractivity contribution in [3.63, 3.8) is 0 Å². The van der Waals surface area contributed by atoms with E-state index >= 15 is 0 Å². The van der Waals surface area contributed by atoms with E-state index in [4.69, 9.17) is 15.5 Å². The number of nitrogens with two attached hydrogens (primary N) is 1. The minimum absolute atomic E-state index is 0.0812. The van der Waals surface area contributed by atoms with Crippen molar-refractivity contribution in [2.45, 2.75) is 19.5 Å². The van der Waals surface area contributed by atoms with Gasteiger partial charge in [-0.3, -0.25) is 0 Å². The molecule has 0 aliphatic rings.